The van der Waals surface area contributed by atoms with Crippen molar-refractivity contribution in [2.45, 2.75) is 59.8 Å². The summed E-state index contributed by atoms with van der Waals surface area (Å²) in [5.74, 6) is -3.22. The van der Waals surface area contributed by atoms with Gasteiger partial charge in [-0.3, -0.25) is 0 Å². The molecule has 0 unspecified atom stereocenters. The summed E-state index contributed by atoms with van der Waals surface area (Å²) >= 11 is 8.17. The molecule has 2 heteroatoms. The normalized spacial score (nSPS) is 14.4. The van der Waals surface area contributed by atoms with E-state index in [1.165, 1.54) is 32.6 Å². The van der Waals surface area contributed by atoms with Crippen molar-refractivity contribution in [3.05, 3.63) is 126 Å². The van der Waals surface area contributed by atoms with E-state index in [1.807, 2.05) is 0 Å². The Hall–Kier alpha value is -2.40. The number of rotatable bonds is 12. The van der Waals surface area contributed by atoms with E-state index in [9.17, 15) is 0 Å². The molecule has 36 heavy (non-hydrogen) atoms. The summed E-state index contributed by atoms with van der Waals surface area (Å²) in [6, 6.07) is 32.2. The Morgan fingerprint density at radius 1 is 0.583 bits per heavy atom. The average molecular weight is 517 g/mol. The number of hydrogen-bond donors (Lipinski definition) is 0. The van der Waals surface area contributed by atoms with Gasteiger partial charge < -0.3 is 0 Å². The van der Waals surface area contributed by atoms with Crippen LogP contribution >= 0.6 is 17.2 Å². The number of benzene rings is 3. The van der Waals surface area contributed by atoms with Crippen LogP contribution in [0.25, 0.3) is 0 Å². The van der Waals surface area contributed by atoms with E-state index in [2.05, 4.69) is 137 Å². The molecule has 0 amide bonds. The summed E-state index contributed by atoms with van der Waals surface area (Å²) in [5.41, 5.74) is 4.37. The molecule has 3 rings (SSSR count). The quantitative estimate of drug-likeness (QED) is 0.166. The van der Waals surface area contributed by atoms with E-state index in [-0.39, 0.29) is 0 Å². The predicted octanol–water partition coefficient (Wildman–Crippen LogP) is 9.48. The fraction of sp³-hybridized carbons (Fsp3) is 0.294. The zero-order valence-electron chi connectivity index (χ0n) is 22.5. The van der Waals surface area contributed by atoms with Crippen molar-refractivity contribution in [3.8, 4) is 0 Å². The van der Waals surface area contributed by atoms with E-state index in [4.69, 9.17) is 11.2 Å². The molecule has 3 aromatic carbocycles. The van der Waals surface area contributed by atoms with Crippen LogP contribution in [-0.4, -0.2) is 6.16 Å². The molecule has 0 spiro atoms. The Labute approximate surface area is 224 Å². The van der Waals surface area contributed by atoms with Crippen molar-refractivity contribution < 1.29 is 0 Å². The fourth-order valence-electron chi connectivity index (χ4n) is 4.75. The first-order chi connectivity index (χ1) is 17.4. The third-order valence-corrected chi connectivity index (χ3v) is 14.5. The molecule has 0 saturated carbocycles. The van der Waals surface area contributed by atoms with Crippen LogP contribution in [0.4, 0.5) is 0 Å². The van der Waals surface area contributed by atoms with Gasteiger partial charge in [0.05, 0.1) is 0 Å². The molecule has 0 radical (unpaired) electrons. The SMILES string of the molecule is CCC(C)=CCCC(C)=CCCC(C)=CCP(Cl)(c1ccccc1)(c1ccccc1)c1ccccc1. The van der Waals surface area contributed by atoms with Crippen molar-refractivity contribution in [2.24, 2.45) is 0 Å². The Morgan fingerprint density at radius 2 is 0.944 bits per heavy atom. The minimum absolute atomic E-state index is 0.806. The second-order valence-electron chi connectivity index (χ2n) is 9.95. The van der Waals surface area contributed by atoms with Crippen molar-refractivity contribution >= 4 is 33.1 Å². The number of allylic oxidation sites excluding steroid dienone is 6. The Kier molecular flexibility index (Phi) is 10.4. The summed E-state index contributed by atoms with van der Waals surface area (Å²) in [7, 11) is 0. The van der Waals surface area contributed by atoms with Gasteiger partial charge in [0, 0.05) is 0 Å². The predicted molar refractivity (Wildman–Crippen MR) is 166 cm³/mol. The molecule has 0 fully saturated rings. The Balaban J connectivity index is 1.90. The van der Waals surface area contributed by atoms with Crippen LogP contribution in [-0.2, 0) is 0 Å². The van der Waals surface area contributed by atoms with Crippen LogP contribution < -0.4 is 15.9 Å². The van der Waals surface area contributed by atoms with Crippen molar-refractivity contribution in [3.63, 3.8) is 0 Å². The molecule has 0 heterocycles. The van der Waals surface area contributed by atoms with Gasteiger partial charge in [-0.05, 0) is 0 Å². The Morgan fingerprint density at radius 3 is 1.33 bits per heavy atom. The van der Waals surface area contributed by atoms with Crippen LogP contribution in [0, 0.1) is 0 Å². The first-order valence-corrected chi connectivity index (χ1v) is 16.6. The molecule has 0 aliphatic rings. The van der Waals surface area contributed by atoms with Gasteiger partial charge in [-0.2, -0.15) is 0 Å². The molecule has 0 aliphatic heterocycles. The van der Waals surface area contributed by atoms with Gasteiger partial charge in [0.1, 0.15) is 0 Å². The molecule has 0 aromatic heterocycles. The van der Waals surface area contributed by atoms with E-state index in [1.54, 1.807) is 0 Å². The van der Waals surface area contributed by atoms with Gasteiger partial charge >= 0.3 is 218 Å². The standard InChI is InChI=1S/C34H42ClP/c1-5-29(2)17-15-18-30(3)19-16-20-31(4)27-28-36(35,32-21-9-6-10-22-32,33-23-11-7-12-24-33)34-25-13-8-14-26-34/h6-14,17,19,21-27H,5,15-16,18,20,28H2,1-4H3. The topological polar surface area (TPSA) is 0 Å². The molecule has 0 bridgehead atoms. The first-order valence-electron chi connectivity index (χ1n) is 13.2. The van der Waals surface area contributed by atoms with E-state index in [0.717, 1.165) is 38.3 Å². The second kappa shape index (κ2) is 13.2. The summed E-state index contributed by atoms with van der Waals surface area (Å²) in [5, 5.41) is 3.66. The summed E-state index contributed by atoms with van der Waals surface area (Å²) in [6.45, 7) is 8.97. The fourth-order valence-corrected chi connectivity index (χ4v) is 10.5. The van der Waals surface area contributed by atoms with Gasteiger partial charge in [0.25, 0.3) is 0 Å². The summed E-state index contributed by atoms with van der Waals surface area (Å²) in [6.07, 6.45) is 13.6. The van der Waals surface area contributed by atoms with Crippen molar-refractivity contribution in [1.29, 1.82) is 0 Å². The zero-order chi connectivity index (χ0) is 25.9. The van der Waals surface area contributed by atoms with E-state index < -0.39 is 5.96 Å². The monoisotopic (exact) mass is 516 g/mol. The first kappa shape index (κ1) is 28.2. The van der Waals surface area contributed by atoms with Gasteiger partial charge in [0.15, 0.2) is 0 Å². The number of halogens is 1. The summed E-state index contributed by atoms with van der Waals surface area (Å²) < 4.78 is 0. The molecular weight excluding hydrogens is 475 g/mol. The summed E-state index contributed by atoms with van der Waals surface area (Å²) in [4.78, 5) is 0. The number of hydrogen-bond acceptors (Lipinski definition) is 0. The van der Waals surface area contributed by atoms with Crippen molar-refractivity contribution in [1.82, 2.24) is 0 Å². The zero-order valence-corrected chi connectivity index (χ0v) is 24.1. The van der Waals surface area contributed by atoms with Gasteiger partial charge in [-0.1, -0.05) is 6.92 Å². The third kappa shape index (κ3) is 6.67. The van der Waals surface area contributed by atoms with Crippen LogP contribution in [0.3, 0.4) is 0 Å². The molecule has 3 aromatic rings. The molecule has 0 saturated heterocycles. The second-order valence-corrected chi connectivity index (χ2v) is 16.5. The van der Waals surface area contributed by atoms with Crippen LogP contribution in [0.5, 0.6) is 0 Å². The third-order valence-electron chi connectivity index (χ3n) is 7.29. The van der Waals surface area contributed by atoms with Crippen LogP contribution in [0.15, 0.2) is 126 Å². The maximum absolute atomic E-state index is 8.17. The molecule has 0 N–H and O–H groups in total. The van der Waals surface area contributed by atoms with Gasteiger partial charge in [0.2, 0.25) is 0 Å². The Bertz CT molecular complexity index is 1070. The molecule has 190 valence electrons. The molecule has 0 aliphatic carbocycles. The molecule has 0 nitrogen and oxygen atoms in total. The van der Waals surface area contributed by atoms with Crippen LogP contribution in [0.2, 0.25) is 0 Å². The van der Waals surface area contributed by atoms with Crippen LogP contribution in [0.1, 0.15) is 59.8 Å². The van der Waals surface area contributed by atoms with Gasteiger partial charge in [-0.25, -0.2) is 0 Å². The van der Waals surface area contributed by atoms with Crippen molar-refractivity contribution in [2.75, 3.05) is 6.16 Å². The molecular formula is C34H42ClP. The average Bonchev–Trinajstić information content (AvgIpc) is 2.93. The van der Waals surface area contributed by atoms with E-state index >= 15 is 0 Å². The molecule has 0 atom stereocenters. The van der Waals surface area contributed by atoms with E-state index in [0.29, 0.717) is 0 Å². The van der Waals surface area contributed by atoms with Gasteiger partial charge in [-0.15, -0.1) is 0 Å². The minimum atomic E-state index is -3.22. The maximum atomic E-state index is 8.17.